The van der Waals surface area contributed by atoms with E-state index in [9.17, 15) is 14.0 Å². The van der Waals surface area contributed by atoms with Gasteiger partial charge in [-0.15, -0.1) is 11.3 Å². The lowest BCUT2D eigenvalue weighted by molar-refractivity contribution is -0.142. The Labute approximate surface area is 148 Å². The van der Waals surface area contributed by atoms with Gasteiger partial charge >= 0.3 is 5.97 Å². The first-order valence-corrected chi connectivity index (χ1v) is 8.54. The highest BCUT2D eigenvalue weighted by Crippen LogP contribution is 2.15. The number of carbonyl (C=O) groups is 2. The average molecular weight is 366 g/mol. The molecule has 1 atom stereocenters. The number of methoxy groups -OCH3 is 1. The van der Waals surface area contributed by atoms with Crippen LogP contribution in [0.1, 0.15) is 22.7 Å². The Kier molecular flexibility index (Phi) is 7.03. The van der Waals surface area contributed by atoms with E-state index in [-0.39, 0.29) is 25.3 Å². The number of halogens is 1. The highest BCUT2D eigenvalue weighted by atomic mass is 32.1. The van der Waals surface area contributed by atoms with Crippen LogP contribution in [0.15, 0.2) is 29.6 Å². The van der Waals surface area contributed by atoms with E-state index < -0.39 is 17.9 Å². The molecule has 1 aromatic carbocycles. The van der Waals surface area contributed by atoms with Crippen LogP contribution in [0.5, 0.6) is 0 Å². The molecule has 0 saturated carbocycles. The molecular weight excluding hydrogens is 347 g/mol. The number of aliphatic carboxylic acids is 1. The Morgan fingerprint density at radius 1 is 1.36 bits per heavy atom. The Balaban J connectivity index is 1.90. The third-order valence-electron chi connectivity index (χ3n) is 3.45. The third kappa shape index (κ3) is 6.24. The van der Waals surface area contributed by atoms with E-state index in [2.05, 4.69) is 10.3 Å². The molecular formula is C17H19FN2O4S. The van der Waals surface area contributed by atoms with Gasteiger partial charge in [-0.1, -0.05) is 12.1 Å². The molecule has 2 aromatic rings. The van der Waals surface area contributed by atoms with Gasteiger partial charge in [-0.05, 0) is 17.7 Å². The molecule has 0 radical (unpaired) electrons. The number of nitrogens with zero attached hydrogens (tertiary/aromatic N) is 1. The first kappa shape index (κ1) is 19.0. The average Bonchev–Trinajstić information content (AvgIpc) is 3.00. The summed E-state index contributed by atoms with van der Waals surface area (Å²) in [6.45, 7) is 0.246. The minimum absolute atomic E-state index is 0.0106. The molecule has 0 saturated heterocycles. The molecule has 1 aromatic heterocycles. The van der Waals surface area contributed by atoms with Gasteiger partial charge in [-0.2, -0.15) is 0 Å². The second-order valence-corrected chi connectivity index (χ2v) is 6.40. The van der Waals surface area contributed by atoms with Gasteiger partial charge in [0.1, 0.15) is 11.9 Å². The maximum Gasteiger partial charge on any atom is 0.326 e. The Morgan fingerprint density at radius 3 is 2.72 bits per heavy atom. The molecule has 0 spiro atoms. The highest BCUT2D eigenvalue weighted by Gasteiger charge is 2.20. The number of carbonyl (C=O) groups excluding carboxylic acids is 1. The second kappa shape index (κ2) is 9.24. The van der Waals surface area contributed by atoms with Gasteiger partial charge in [-0.25, -0.2) is 14.2 Å². The lowest BCUT2D eigenvalue weighted by Gasteiger charge is -2.13. The fourth-order valence-corrected chi connectivity index (χ4v) is 3.02. The minimum atomic E-state index is -1.10. The summed E-state index contributed by atoms with van der Waals surface area (Å²) in [4.78, 5) is 27.5. The summed E-state index contributed by atoms with van der Waals surface area (Å²) in [5, 5.41) is 14.1. The number of hydrogen-bond acceptors (Lipinski definition) is 5. The topological polar surface area (TPSA) is 88.5 Å². The van der Waals surface area contributed by atoms with Gasteiger partial charge in [0.15, 0.2) is 0 Å². The molecule has 2 rings (SSSR count). The van der Waals surface area contributed by atoms with E-state index in [1.807, 2.05) is 0 Å². The normalized spacial score (nSPS) is 11.9. The van der Waals surface area contributed by atoms with Crippen LogP contribution in [0, 0.1) is 5.82 Å². The van der Waals surface area contributed by atoms with E-state index in [4.69, 9.17) is 9.84 Å². The van der Waals surface area contributed by atoms with Crippen LogP contribution < -0.4 is 5.32 Å². The van der Waals surface area contributed by atoms with Crippen molar-refractivity contribution >= 4 is 23.2 Å². The fraction of sp³-hybridized carbons (Fsp3) is 0.353. The number of thiazole rings is 1. The third-order valence-corrected chi connectivity index (χ3v) is 4.35. The van der Waals surface area contributed by atoms with E-state index in [0.717, 1.165) is 10.6 Å². The second-order valence-electron chi connectivity index (χ2n) is 5.45. The van der Waals surface area contributed by atoms with E-state index in [1.54, 1.807) is 17.5 Å². The smallest absolute Gasteiger partial charge is 0.326 e. The molecule has 1 amide bonds. The lowest BCUT2D eigenvalue weighted by Crippen LogP contribution is -2.42. The summed E-state index contributed by atoms with van der Waals surface area (Å²) >= 11 is 1.41. The van der Waals surface area contributed by atoms with Gasteiger partial charge in [-0.3, -0.25) is 4.79 Å². The maximum absolute atomic E-state index is 12.9. The van der Waals surface area contributed by atoms with Crippen LogP contribution in [0.25, 0.3) is 0 Å². The molecule has 0 bridgehead atoms. The summed E-state index contributed by atoms with van der Waals surface area (Å²) in [7, 11) is 1.47. The molecule has 134 valence electrons. The summed E-state index contributed by atoms with van der Waals surface area (Å²) in [5.41, 5.74) is 1.51. The van der Waals surface area contributed by atoms with Crippen molar-refractivity contribution in [3.63, 3.8) is 0 Å². The largest absolute Gasteiger partial charge is 0.480 e. The number of rotatable bonds is 9. The summed E-state index contributed by atoms with van der Waals surface area (Å²) < 4.78 is 17.7. The van der Waals surface area contributed by atoms with Gasteiger partial charge in [0.25, 0.3) is 0 Å². The molecule has 8 heteroatoms. The van der Waals surface area contributed by atoms with Crippen molar-refractivity contribution in [2.45, 2.75) is 25.3 Å². The monoisotopic (exact) mass is 366 g/mol. The van der Waals surface area contributed by atoms with Crippen molar-refractivity contribution < 1.29 is 23.8 Å². The minimum Gasteiger partial charge on any atom is -0.480 e. The molecule has 0 aliphatic heterocycles. The van der Waals surface area contributed by atoms with Gasteiger partial charge in [0, 0.05) is 31.9 Å². The van der Waals surface area contributed by atoms with Gasteiger partial charge in [0.05, 0.1) is 17.1 Å². The molecule has 1 unspecified atom stereocenters. The van der Waals surface area contributed by atoms with Crippen LogP contribution in [0.3, 0.4) is 0 Å². The zero-order valence-corrected chi connectivity index (χ0v) is 14.5. The predicted molar refractivity (Wildman–Crippen MR) is 91.1 cm³/mol. The SMILES string of the molecule is COCCC(NC(=O)Cc1csc(Cc2ccc(F)cc2)n1)C(=O)O. The van der Waals surface area contributed by atoms with Crippen molar-refractivity contribution in [2.75, 3.05) is 13.7 Å². The summed E-state index contributed by atoms with van der Waals surface area (Å²) in [5.74, 6) is -1.79. The number of carboxylic acids is 1. The summed E-state index contributed by atoms with van der Waals surface area (Å²) in [6, 6.07) is 5.18. The molecule has 0 fully saturated rings. The molecule has 2 N–H and O–H groups in total. The van der Waals surface area contributed by atoms with Crippen molar-refractivity contribution in [3.8, 4) is 0 Å². The van der Waals surface area contributed by atoms with Gasteiger partial charge in [0.2, 0.25) is 5.91 Å². The van der Waals surface area contributed by atoms with Crippen LogP contribution in [-0.4, -0.2) is 41.7 Å². The number of hydrogen-bond donors (Lipinski definition) is 2. The number of carboxylic acid groups (broad SMARTS) is 1. The zero-order chi connectivity index (χ0) is 18.2. The zero-order valence-electron chi connectivity index (χ0n) is 13.7. The molecule has 0 aliphatic rings. The van der Waals surface area contributed by atoms with Crippen LogP contribution >= 0.6 is 11.3 Å². The predicted octanol–water partition coefficient (Wildman–Crippen LogP) is 2.02. The Hall–Kier alpha value is -2.32. The fourth-order valence-electron chi connectivity index (χ4n) is 2.19. The lowest BCUT2D eigenvalue weighted by atomic mass is 10.1. The van der Waals surface area contributed by atoms with Crippen LogP contribution in [-0.2, 0) is 27.2 Å². The van der Waals surface area contributed by atoms with Crippen LogP contribution in [0.2, 0.25) is 0 Å². The van der Waals surface area contributed by atoms with E-state index >= 15 is 0 Å². The molecule has 6 nitrogen and oxygen atoms in total. The van der Waals surface area contributed by atoms with Crippen molar-refractivity contribution in [3.05, 3.63) is 51.7 Å². The molecule has 0 aliphatic carbocycles. The quantitative estimate of drug-likeness (QED) is 0.709. The standard InChI is InChI=1S/C17H19FN2O4S/c1-24-7-6-14(17(22)23)20-15(21)9-13-10-25-16(19-13)8-11-2-4-12(18)5-3-11/h2-5,10,14H,6-9H2,1H3,(H,20,21)(H,22,23). The van der Waals surface area contributed by atoms with Crippen molar-refractivity contribution in [1.82, 2.24) is 10.3 Å². The number of benzene rings is 1. The Morgan fingerprint density at radius 2 is 2.08 bits per heavy atom. The Bertz CT molecular complexity index is 718. The van der Waals surface area contributed by atoms with Gasteiger partial charge < -0.3 is 15.2 Å². The van der Waals surface area contributed by atoms with Crippen LogP contribution in [0.4, 0.5) is 4.39 Å². The molecule has 1 heterocycles. The van der Waals surface area contributed by atoms with Crippen molar-refractivity contribution in [2.24, 2.45) is 0 Å². The number of amides is 1. The molecule has 25 heavy (non-hydrogen) atoms. The first-order valence-electron chi connectivity index (χ1n) is 7.66. The number of nitrogens with one attached hydrogen (secondary N) is 1. The van der Waals surface area contributed by atoms with E-state index in [0.29, 0.717) is 12.1 Å². The number of aromatic nitrogens is 1. The maximum atomic E-state index is 12.9. The number of ether oxygens (including phenoxy) is 1. The van der Waals surface area contributed by atoms with E-state index in [1.165, 1.54) is 30.6 Å². The highest BCUT2D eigenvalue weighted by molar-refractivity contribution is 7.09. The first-order chi connectivity index (χ1) is 12.0. The van der Waals surface area contributed by atoms with Crippen molar-refractivity contribution in [1.29, 1.82) is 0 Å². The summed E-state index contributed by atoms with van der Waals surface area (Å²) in [6.07, 6.45) is 0.763.